The third-order valence-electron chi connectivity index (χ3n) is 3.76. The van der Waals surface area contributed by atoms with Gasteiger partial charge in [0.25, 0.3) is 5.56 Å². The number of fused-ring (bicyclic) bond motifs is 1. The van der Waals surface area contributed by atoms with Gasteiger partial charge in [0.15, 0.2) is 5.75 Å². The normalized spacial score (nSPS) is 10.6. The molecule has 2 aromatic carbocycles. The van der Waals surface area contributed by atoms with Gasteiger partial charge in [-0.1, -0.05) is 30.3 Å². The van der Waals surface area contributed by atoms with Gasteiger partial charge in [0.1, 0.15) is 12.4 Å². The Hall–Kier alpha value is -3.28. The average molecular weight is 339 g/mol. The van der Waals surface area contributed by atoms with Crippen molar-refractivity contribution in [2.75, 3.05) is 0 Å². The zero-order valence-corrected chi connectivity index (χ0v) is 13.9. The van der Waals surface area contributed by atoms with Crippen LogP contribution >= 0.6 is 0 Å². The fourth-order valence-electron chi connectivity index (χ4n) is 2.58. The Bertz CT molecular complexity index is 992. The second-order valence-corrected chi connectivity index (χ2v) is 5.59. The number of rotatable bonds is 4. The molecular formula is C19H17NO5. The number of hydrogen-bond donors (Lipinski definition) is 1. The number of benzene rings is 2. The summed E-state index contributed by atoms with van der Waals surface area (Å²) in [5, 5.41) is 10.3. The maximum atomic E-state index is 12.6. The van der Waals surface area contributed by atoms with E-state index in [2.05, 4.69) is 0 Å². The number of hydrogen-bond acceptors (Lipinski definition) is 5. The Balaban J connectivity index is 2.17. The molecule has 128 valence electrons. The van der Waals surface area contributed by atoms with E-state index >= 15 is 0 Å². The molecule has 1 N–H and O–H groups in total. The molecule has 0 unspecified atom stereocenters. The van der Waals surface area contributed by atoms with Crippen molar-refractivity contribution in [3.63, 3.8) is 0 Å². The van der Waals surface area contributed by atoms with E-state index in [1.165, 1.54) is 30.7 Å². The van der Waals surface area contributed by atoms with Gasteiger partial charge in [-0.25, -0.2) is 0 Å². The Kier molecular flexibility index (Phi) is 4.43. The molecule has 0 aliphatic heterocycles. The van der Waals surface area contributed by atoms with Crippen LogP contribution in [0.5, 0.6) is 17.2 Å². The van der Waals surface area contributed by atoms with E-state index in [-0.39, 0.29) is 23.9 Å². The number of esters is 1. The summed E-state index contributed by atoms with van der Waals surface area (Å²) < 4.78 is 12.3. The van der Waals surface area contributed by atoms with Crippen molar-refractivity contribution >= 4 is 16.9 Å². The molecule has 0 saturated heterocycles. The number of phenols is 1. The minimum Gasteiger partial charge on any atom is -0.508 e. The molecule has 1 aromatic heterocycles. The van der Waals surface area contributed by atoms with E-state index < -0.39 is 11.5 Å². The van der Waals surface area contributed by atoms with Gasteiger partial charge in [0.2, 0.25) is 5.75 Å². The third-order valence-corrected chi connectivity index (χ3v) is 3.76. The molecule has 3 rings (SSSR count). The number of phenolic OH excluding ortho intramolecular Hbond substituents is 1. The maximum absolute atomic E-state index is 12.6. The van der Waals surface area contributed by atoms with Crippen LogP contribution in [0.2, 0.25) is 0 Å². The van der Waals surface area contributed by atoms with Crippen LogP contribution in [0, 0.1) is 0 Å². The van der Waals surface area contributed by atoms with Crippen molar-refractivity contribution in [2.24, 2.45) is 7.05 Å². The van der Waals surface area contributed by atoms with Crippen LogP contribution in [0.1, 0.15) is 12.5 Å². The Morgan fingerprint density at radius 2 is 1.84 bits per heavy atom. The quantitative estimate of drug-likeness (QED) is 0.740. The fourth-order valence-corrected chi connectivity index (χ4v) is 2.58. The lowest BCUT2D eigenvalue weighted by atomic mass is 10.1. The number of pyridine rings is 1. The van der Waals surface area contributed by atoms with Crippen LogP contribution in [-0.2, 0) is 18.4 Å². The molecule has 0 saturated carbocycles. The fraction of sp³-hybridized carbons (Fsp3) is 0.158. The highest BCUT2D eigenvalue weighted by atomic mass is 16.6. The van der Waals surface area contributed by atoms with Crippen molar-refractivity contribution < 1.29 is 19.4 Å². The monoisotopic (exact) mass is 339 g/mol. The number of nitrogens with zero attached hydrogens (tertiary/aromatic N) is 1. The summed E-state index contributed by atoms with van der Waals surface area (Å²) in [5.41, 5.74) is 0.865. The van der Waals surface area contributed by atoms with Gasteiger partial charge < -0.3 is 19.1 Å². The topological polar surface area (TPSA) is 77.8 Å². The second kappa shape index (κ2) is 6.68. The van der Waals surface area contributed by atoms with Gasteiger partial charge in [-0.15, -0.1) is 0 Å². The number of carbonyl (C=O) groups is 1. The first kappa shape index (κ1) is 16.6. The first-order chi connectivity index (χ1) is 12.0. The molecule has 0 spiro atoms. The lowest BCUT2D eigenvalue weighted by Gasteiger charge is -2.16. The van der Waals surface area contributed by atoms with Crippen molar-refractivity contribution in [2.45, 2.75) is 13.5 Å². The van der Waals surface area contributed by atoms with Crippen molar-refractivity contribution in [3.05, 3.63) is 64.4 Å². The van der Waals surface area contributed by atoms with E-state index in [4.69, 9.17) is 9.47 Å². The van der Waals surface area contributed by atoms with Gasteiger partial charge >= 0.3 is 5.97 Å². The molecule has 0 aliphatic carbocycles. The molecule has 0 radical (unpaired) electrons. The summed E-state index contributed by atoms with van der Waals surface area (Å²) >= 11 is 0. The van der Waals surface area contributed by atoms with Crippen molar-refractivity contribution in [3.8, 4) is 17.2 Å². The molecule has 0 aliphatic rings. The van der Waals surface area contributed by atoms with Crippen molar-refractivity contribution in [1.29, 1.82) is 0 Å². The van der Waals surface area contributed by atoms with Crippen LogP contribution < -0.4 is 15.0 Å². The molecule has 0 bridgehead atoms. The lowest BCUT2D eigenvalue weighted by Crippen LogP contribution is -2.22. The second-order valence-electron chi connectivity index (χ2n) is 5.59. The zero-order chi connectivity index (χ0) is 18.0. The van der Waals surface area contributed by atoms with Gasteiger partial charge in [-0.2, -0.15) is 0 Å². The number of ether oxygens (including phenoxy) is 2. The predicted octanol–water partition coefficient (Wildman–Crippen LogP) is 2.75. The third kappa shape index (κ3) is 3.33. The molecule has 6 nitrogen and oxygen atoms in total. The van der Waals surface area contributed by atoms with E-state index in [0.29, 0.717) is 10.9 Å². The van der Waals surface area contributed by atoms with Gasteiger partial charge in [0, 0.05) is 25.4 Å². The highest BCUT2D eigenvalue weighted by Crippen LogP contribution is 2.34. The van der Waals surface area contributed by atoms with Crippen LogP contribution in [0.4, 0.5) is 0 Å². The standard InChI is InChI=1S/C19H17NO5/c1-12(21)25-18-17(24-11-13-6-4-3-5-7-13)15-9-8-14(22)10-16(15)20(2)19(18)23/h3-10,22H,11H2,1-2H3. The first-order valence-electron chi connectivity index (χ1n) is 7.68. The number of aromatic hydroxyl groups is 1. The summed E-state index contributed by atoms with van der Waals surface area (Å²) in [5.74, 6) is -0.571. The summed E-state index contributed by atoms with van der Waals surface area (Å²) in [6.45, 7) is 1.43. The van der Waals surface area contributed by atoms with Gasteiger partial charge in [-0.3, -0.25) is 9.59 Å². The molecule has 0 fully saturated rings. The molecular weight excluding hydrogens is 322 g/mol. The van der Waals surface area contributed by atoms with E-state index in [1.54, 1.807) is 6.07 Å². The molecule has 3 aromatic rings. The highest BCUT2D eigenvalue weighted by molar-refractivity contribution is 5.89. The largest absolute Gasteiger partial charge is 0.508 e. The SMILES string of the molecule is CC(=O)Oc1c(OCc2ccccc2)c2ccc(O)cc2n(C)c1=O. The summed E-state index contributed by atoms with van der Waals surface area (Å²) in [6.07, 6.45) is 0. The van der Waals surface area contributed by atoms with Crippen LogP contribution in [-0.4, -0.2) is 15.6 Å². The Morgan fingerprint density at radius 1 is 1.12 bits per heavy atom. The van der Waals surface area contributed by atoms with E-state index in [1.807, 2.05) is 30.3 Å². The first-order valence-corrected chi connectivity index (χ1v) is 7.68. The minimum absolute atomic E-state index is 0.0248. The number of carbonyl (C=O) groups excluding carboxylic acids is 1. The number of aryl methyl sites for hydroxylation is 1. The van der Waals surface area contributed by atoms with Crippen molar-refractivity contribution in [1.82, 2.24) is 4.57 Å². The average Bonchev–Trinajstić information content (AvgIpc) is 2.60. The van der Waals surface area contributed by atoms with E-state index in [0.717, 1.165) is 5.56 Å². The molecule has 25 heavy (non-hydrogen) atoms. The van der Waals surface area contributed by atoms with Crippen LogP contribution in [0.3, 0.4) is 0 Å². The minimum atomic E-state index is -0.611. The lowest BCUT2D eigenvalue weighted by molar-refractivity contribution is -0.132. The maximum Gasteiger partial charge on any atom is 0.308 e. The van der Waals surface area contributed by atoms with Gasteiger partial charge in [0.05, 0.1) is 5.52 Å². The molecule has 6 heteroatoms. The summed E-state index contributed by atoms with van der Waals surface area (Å²) in [4.78, 5) is 24.0. The van der Waals surface area contributed by atoms with Crippen LogP contribution in [0.15, 0.2) is 53.3 Å². The molecule has 0 atom stereocenters. The summed E-state index contributed by atoms with van der Waals surface area (Å²) in [7, 11) is 1.54. The van der Waals surface area contributed by atoms with Crippen LogP contribution in [0.25, 0.3) is 10.9 Å². The Morgan fingerprint density at radius 3 is 2.52 bits per heavy atom. The van der Waals surface area contributed by atoms with E-state index in [9.17, 15) is 14.7 Å². The predicted molar refractivity (Wildman–Crippen MR) is 92.9 cm³/mol. The smallest absolute Gasteiger partial charge is 0.308 e. The summed E-state index contributed by atoms with van der Waals surface area (Å²) in [6, 6.07) is 14.0. The highest BCUT2D eigenvalue weighted by Gasteiger charge is 2.20. The number of aromatic nitrogens is 1. The van der Waals surface area contributed by atoms with Gasteiger partial charge in [-0.05, 0) is 17.7 Å². The molecule has 1 heterocycles. The Labute approximate surface area is 143 Å². The zero-order valence-electron chi connectivity index (χ0n) is 13.9. The molecule has 0 amide bonds.